The van der Waals surface area contributed by atoms with Crippen LogP contribution >= 0.6 is 0 Å². The summed E-state index contributed by atoms with van der Waals surface area (Å²) in [5.41, 5.74) is 1.20. The van der Waals surface area contributed by atoms with Crippen LogP contribution in [0.4, 0.5) is 0 Å². The van der Waals surface area contributed by atoms with Gasteiger partial charge in [0, 0.05) is 5.56 Å². The molecule has 0 aliphatic rings. The molecule has 0 spiro atoms. The Balaban J connectivity index is 2.86. The van der Waals surface area contributed by atoms with Crippen LogP contribution in [0.25, 0.3) is 0 Å². The highest BCUT2D eigenvalue weighted by atomic mass is 16.5. The molecule has 0 aliphatic heterocycles. The van der Waals surface area contributed by atoms with Gasteiger partial charge in [0.2, 0.25) is 0 Å². The van der Waals surface area contributed by atoms with E-state index in [-0.39, 0.29) is 11.8 Å². The number of carboxylic acid groups (broad SMARTS) is 1. The molecule has 0 saturated carbocycles. The minimum atomic E-state index is -1.02. The zero-order valence-electron chi connectivity index (χ0n) is 12.3. The Morgan fingerprint density at radius 3 is 2.45 bits per heavy atom. The van der Waals surface area contributed by atoms with E-state index in [1.807, 2.05) is 13.8 Å². The van der Waals surface area contributed by atoms with E-state index < -0.39 is 12.0 Å². The van der Waals surface area contributed by atoms with E-state index in [0.717, 1.165) is 5.56 Å². The fraction of sp³-hybridized carbons (Fsp3) is 0.467. The smallest absolute Gasteiger partial charge is 0.326 e. The molecule has 1 unspecified atom stereocenters. The molecule has 1 atom stereocenters. The zero-order chi connectivity index (χ0) is 15.3. The molecule has 1 aromatic carbocycles. The van der Waals surface area contributed by atoms with Gasteiger partial charge in [0.15, 0.2) is 0 Å². The second-order valence-corrected chi connectivity index (χ2v) is 5.17. The van der Waals surface area contributed by atoms with Gasteiger partial charge in [-0.15, -0.1) is 0 Å². The molecule has 0 radical (unpaired) electrons. The zero-order valence-corrected chi connectivity index (χ0v) is 12.3. The van der Waals surface area contributed by atoms with Crippen LogP contribution in [0.3, 0.4) is 0 Å². The average Bonchev–Trinajstić information content (AvgIpc) is 2.36. The molecule has 5 heteroatoms. The van der Waals surface area contributed by atoms with E-state index in [1.54, 1.807) is 32.2 Å². The first-order valence-electron chi connectivity index (χ1n) is 6.53. The van der Waals surface area contributed by atoms with Crippen molar-refractivity contribution in [1.29, 1.82) is 0 Å². The van der Waals surface area contributed by atoms with Crippen LogP contribution in [0.5, 0.6) is 5.75 Å². The van der Waals surface area contributed by atoms with Gasteiger partial charge in [-0.1, -0.05) is 13.8 Å². The van der Waals surface area contributed by atoms with E-state index in [2.05, 4.69) is 5.32 Å². The Hall–Kier alpha value is -2.04. The third-order valence-corrected chi connectivity index (χ3v) is 2.99. The topological polar surface area (TPSA) is 75.6 Å². The number of amides is 1. The standard InChI is InChI=1S/C15H21NO4/c1-9(2)7-13(15(18)19)16-14(17)12-6-5-11(20-4)8-10(12)3/h5-6,8-9,13H,7H2,1-4H3,(H,16,17)(H,18,19). The number of ether oxygens (including phenoxy) is 1. The minimum Gasteiger partial charge on any atom is -0.497 e. The van der Waals surface area contributed by atoms with Crippen LogP contribution in [0.2, 0.25) is 0 Å². The van der Waals surface area contributed by atoms with Crippen molar-refractivity contribution in [3.63, 3.8) is 0 Å². The molecular weight excluding hydrogens is 258 g/mol. The number of nitrogens with one attached hydrogen (secondary N) is 1. The number of carboxylic acids is 1. The van der Waals surface area contributed by atoms with Gasteiger partial charge >= 0.3 is 5.97 Å². The maximum Gasteiger partial charge on any atom is 0.326 e. The van der Waals surface area contributed by atoms with Gasteiger partial charge in [-0.3, -0.25) is 4.79 Å². The predicted molar refractivity (Wildman–Crippen MR) is 76.1 cm³/mol. The van der Waals surface area contributed by atoms with Gasteiger partial charge < -0.3 is 15.2 Å². The molecule has 0 aromatic heterocycles. The summed E-state index contributed by atoms with van der Waals surface area (Å²) in [7, 11) is 1.55. The van der Waals surface area contributed by atoms with E-state index in [9.17, 15) is 9.59 Å². The molecule has 110 valence electrons. The highest BCUT2D eigenvalue weighted by Crippen LogP contribution is 2.17. The summed E-state index contributed by atoms with van der Waals surface area (Å²) in [4.78, 5) is 23.3. The molecule has 20 heavy (non-hydrogen) atoms. The van der Waals surface area contributed by atoms with Crippen LogP contribution in [0.1, 0.15) is 36.2 Å². The lowest BCUT2D eigenvalue weighted by Crippen LogP contribution is -2.41. The largest absolute Gasteiger partial charge is 0.497 e. The van der Waals surface area contributed by atoms with E-state index >= 15 is 0 Å². The van der Waals surface area contributed by atoms with Crippen LogP contribution < -0.4 is 10.1 Å². The molecule has 1 amide bonds. The molecule has 0 heterocycles. The van der Waals surface area contributed by atoms with Gasteiger partial charge in [0.05, 0.1) is 7.11 Å². The Morgan fingerprint density at radius 1 is 1.35 bits per heavy atom. The van der Waals surface area contributed by atoms with E-state index in [1.165, 1.54) is 0 Å². The Kier molecular flexibility index (Phi) is 5.55. The molecule has 0 bridgehead atoms. The summed E-state index contributed by atoms with van der Waals surface area (Å²) in [6.45, 7) is 5.62. The quantitative estimate of drug-likeness (QED) is 0.837. The monoisotopic (exact) mass is 279 g/mol. The van der Waals surface area contributed by atoms with Gasteiger partial charge in [-0.2, -0.15) is 0 Å². The number of aryl methyl sites for hydroxylation is 1. The number of hydrogen-bond acceptors (Lipinski definition) is 3. The second kappa shape index (κ2) is 6.93. The highest BCUT2D eigenvalue weighted by molar-refractivity contribution is 5.97. The van der Waals surface area contributed by atoms with Gasteiger partial charge in [-0.05, 0) is 43.0 Å². The van der Waals surface area contributed by atoms with Crippen LogP contribution in [0, 0.1) is 12.8 Å². The average molecular weight is 279 g/mol. The van der Waals surface area contributed by atoms with Crippen molar-refractivity contribution in [3.05, 3.63) is 29.3 Å². The number of carbonyl (C=O) groups is 2. The van der Waals surface area contributed by atoms with Gasteiger partial charge in [-0.25, -0.2) is 4.79 Å². The third kappa shape index (κ3) is 4.26. The molecule has 0 aliphatic carbocycles. The SMILES string of the molecule is COc1ccc(C(=O)NC(CC(C)C)C(=O)O)c(C)c1. The number of methoxy groups -OCH3 is 1. The van der Waals surface area contributed by atoms with Gasteiger partial charge in [0.25, 0.3) is 5.91 Å². The first-order chi connectivity index (χ1) is 9.35. The van der Waals surface area contributed by atoms with E-state index in [4.69, 9.17) is 9.84 Å². The van der Waals surface area contributed by atoms with Crippen molar-refractivity contribution in [1.82, 2.24) is 5.32 Å². The predicted octanol–water partition coefficient (Wildman–Crippen LogP) is 2.23. The van der Waals surface area contributed by atoms with Crippen molar-refractivity contribution in [2.24, 2.45) is 5.92 Å². The summed E-state index contributed by atoms with van der Waals surface area (Å²) in [6.07, 6.45) is 0.399. The van der Waals surface area contributed by atoms with Crippen LogP contribution in [-0.4, -0.2) is 30.1 Å². The summed E-state index contributed by atoms with van der Waals surface area (Å²) >= 11 is 0. The number of rotatable bonds is 6. The van der Waals surface area contributed by atoms with Crippen molar-refractivity contribution >= 4 is 11.9 Å². The fourth-order valence-corrected chi connectivity index (χ4v) is 1.95. The normalized spacial score (nSPS) is 12.1. The second-order valence-electron chi connectivity index (χ2n) is 5.17. The summed E-state index contributed by atoms with van der Waals surface area (Å²) in [5, 5.41) is 11.7. The molecule has 1 rings (SSSR count). The van der Waals surface area contributed by atoms with Crippen molar-refractivity contribution in [2.45, 2.75) is 33.2 Å². The Bertz CT molecular complexity index is 497. The van der Waals surface area contributed by atoms with Crippen molar-refractivity contribution < 1.29 is 19.4 Å². The Morgan fingerprint density at radius 2 is 2.00 bits per heavy atom. The fourth-order valence-electron chi connectivity index (χ4n) is 1.95. The first-order valence-corrected chi connectivity index (χ1v) is 6.53. The Labute approximate surface area is 118 Å². The van der Waals surface area contributed by atoms with Gasteiger partial charge in [0.1, 0.15) is 11.8 Å². The summed E-state index contributed by atoms with van der Waals surface area (Å²) in [6, 6.07) is 4.19. The third-order valence-electron chi connectivity index (χ3n) is 2.99. The lowest BCUT2D eigenvalue weighted by atomic mass is 10.0. The minimum absolute atomic E-state index is 0.188. The summed E-state index contributed by atoms with van der Waals surface area (Å²) < 4.78 is 5.08. The van der Waals surface area contributed by atoms with Crippen molar-refractivity contribution in [3.8, 4) is 5.75 Å². The number of benzene rings is 1. The van der Waals surface area contributed by atoms with Crippen LogP contribution in [0.15, 0.2) is 18.2 Å². The lowest BCUT2D eigenvalue weighted by Gasteiger charge is -2.17. The molecule has 0 saturated heterocycles. The lowest BCUT2D eigenvalue weighted by molar-refractivity contribution is -0.139. The molecule has 1 aromatic rings. The highest BCUT2D eigenvalue weighted by Gasteiger charge is 2.22. The number of carbonyl (C=O) groups excluding carboxylic acids is 1. The molecule has 5 nitrogen and oxygen atoms in total. The molecule has 2 N–H and O–H groups in total. The van der Waals surface area contributed by atoms with Crippen LogP contribution in [-0.2, 0) is 4.79 Å². The maximum absolute atomic E-state index is 12.1. The first kappa shape index (κ1) is 16.0. The number of aliphatic carboxylic acids is 1. The number of hydrogen-bond donors (Lipinski definition) is 2. The maximum atomic E-state index is 12.1. The van der Waals surface area contributed by atoms with Crippen molar-refractivity contribution in [2.75, 3.05) is 7.11 Å². The summed E-state index contributed by atoms with van der Waals surface area (Å²) in [5.74, 6) is -0.541. The molecular formula is C15H21NO4. The van der Waals surface area contributed by atoms with E-state index in [0.29, 0.717) is 17.7 Å². The molecule has 0 fully saturated rings.